The van der Waals surface area contributed by atoms with Crippen molar-refractivity contribution in [2.24, 2.45) is 0 Å². The van der Waals surface area contributed by atoms with Gasteiger partial charge in [0.2, 0.25) is 0 Å². The largest absolute Gasteiger partial charge is 0.492 e. The van der Waals surface area contributed by atoms with E-state index in [1.807, 2.05) is 45.9 Å². The Kier molecular flexibility index (Phi) is 5.16. The molecular weight excluding hydrogens is 280 g/mol. The molecule has 2 rings (SSSR count). The van der Waals surface area contributed by atoms with Crippen LogP contribution in [0.1, 0.15) is 27.7 Å². The zero-order valence-corrected chi connectivity index (χ0v) is 14.0. The Bertz CT molecular complexity index is 503. The molecule has 1 saturated heterocycles. The Morgan fingerprint density at radius 3 is 2.36 bits per heavy atom. The molecule has 0 saturated carbocycles. The molecule has 5 heteroatoms. The summed E-state index contributed by atoms with van der Waals surface area (Å²) < 4.78 is 11.1. The van der Waals surface area contributed by atoms with Gasteiger partial charge in [0.05, 0.1) is 12.3 Å². The molecule has 1 fully saturated rings. The van der Waals surface area contributed by atoms with E-state index in [4.69, 9.17) is 9.47 Å². The maximum atomic E-state index is 12.1. The third kappa shape index (κ3) is 4.29. The Hall–Kier alpha value is -1.91. The summed E-state index contributed by atoms with van der Waals surface area (Å²) in [7, 11) is 0. The second-order valence-electron chi connectivity index (χ2n) is 6.36. The van der Waals surface area contributed by atoms with Crippen molar-refractivity contribution in [1.29, 1.82) is 0 Å². The first kappa shape index (κ1) is 16.5. The number of amides is 1. The number of rotatable bonds is 3. The molecule has 0 aromatic heterocycles. The van der Waals surface area contributed by atoms with Crippen LogP contribution in [-0.4, -0.2) is 49.4 Å². The molecule has 1 aliphatic heterocycles. The molecule has 0 aliphatic carbocycles. The second-order valence-corrected chi connectivity index (χ2v) is 6.36. The Morgan fingerprint density at radius 2 is 1.77 bits per heavy atom. The van der Waals surface area contributed by atoms with Gasteiger partial charge in [-0.05, 0) is 39.8 Å². The van der Waals surface area contributed by atoms with Gasteiger partial charge in [-0.3, -0.25) is 0 Å². The van der Waals surface area contributed by atoms with Crippen molar-refractivity contribution in [2.75, 3.05) is 37.7 Å². The summed E-state index contributed by atoms with van der Waals surface area (Å²) >= 11 is 0. The van der Waals surface area contributed by atoms with Gasteiger partial charge in [0.15, 0.2) is 0 Å². The first-order chi connectivity index (χ1) is 10.4. The maximum Gasteiger partial charge on any atom is 0.410 e. The average Bonchev–Trinajstić information content (AvgIpc) is 2.47. The van der Waals surface area contributed by atoms with Crippen LogP contribution in [0.2, 0.25) is 0 Å². The SMILES string of the molecule is CCOc1ccccc1N1CCN(C(=O)OC(C)(C)C)CC1. The molecule has 1 amide bonds. The van der Waals surface area contributed by atoms with Gasteiger partial charge in [-0.25, -0.2) is 4.79 Å². The van der Waals surface area contributed by atoms with Crippen molar-refractivity contribution in [3.8, 4) is 5.75 Å². The molecule has 0 N–H and O–H groups in total. The van der Waals surface area contributed by atoms with Gasteiger partial charge in [-0.2, -0.15) is 0 Å². The number of ether oxygens (including phenoxy) is 2. The highest BCUT2D eigenvalue weighted by Crippen LogP contribution is 2.29. The molecule has 0 bridgehead atoms. The molecule has 22 heavy (non-hydrogen) atoms. The maximum absolute atomic E-state index is 12.1. The zero-order valence-electron chi connectivity index (χ0n) is 14.0. The van der Waals surface area contributed by atoms with Crippen LogP contribution in [0.15, 0.2) is 24.3 Å². The third-order valence-electron chi connectivity index (χ3n) is 3.44. The van der Waals surface area contributed by atoms with E-state index in [0.717, 1.165) is 24.5 Å². The van der Waals surface area contributed by atoms with Crippen LogP contribution >= 0.6 is 0 Å². The Morgan fingerprint density at radius 1 is 1.14 bits per heavy atom. The van der Waals surface area contributed by atoms with Crippen molar-refractivity contribution in [3.63, 3.8) is 0 Å². The number of carbonyl (C=O) groups excluding carboxylic acids is 1. The molecule has 0 unspecified atom stereocenters. The van der Waals surface area contributed by atoms with Gasteiger partial charge < -0.3 is 19.3 Å². The first-order valence-electron chi connectivity index (χ1n) is 7.85. The van der Waals surface area contributed by atoms with Gasteiger partial charge in [0.25, 0.3) is 0 Å². The standard InChI is InChI=1S/C17H26N2O3/c1-5-21-15-9-7-6-8-14(15)18-10-12-19(13-11-18)16(20)22-17(2,3)4/h6-9H,5,10-13H2,1-4H3. The zero-order chi connectivity index (χ0) is 16.2. The predicted molar refractivity (Wildman–Crippen MR) is 87.6 cm³/mol. The van der Waals surface area contributed by atoms with Crippen molar-refractivity contribution in [2.45, 2.75) is 33.3 Å². The minimum atomic E-state index is -0.449. The number of anilines is 1. The fourth-order valence-electron chi connectivity index (χ4n) is 2.45. The lowest BCUT2D eigenvalue weighted by Crippen LogP contribution is -2.50. The summed E-state index contributed by atoms with van der Waals surface area (Å²) in [5, 5.41) is 0. The van der Waals surface area contributed by atoms with E-state index >= 15 is 0 Å². The number of hydrogen-bond donors (Lipinski definition) is 0. The Balaban J connectivity index is 1.96. The van der Waals surface area contributed by atoms with E-state index in [1.165, 1.54) is 0 Å². The van der Waals surface area contributed by atoms with Crippen molar-refractivity contribution in [1.82, 2.24) is 4.90 Å². The van der Waals surface area contributed by atoms with Crippen molar-refractivity contribution < 1.29 is 14.3 Å². The molecule has 0 atom stereocenters. The van der Waals surface area contributed by atoms with Gasteiger partial charge in [0.1, 0.15) is 11.4 Å². The van der Waals surface area contributed by atoms with Crippen LogP contribution in [0.4, 0.5) is 10.5 Å². The van der Waals surface area contributed by atoms with E-state index in [-0.39, 0.29) is 6.09 Å². The molecule has 5 nitrogen and oxygen atoms in total. The number of hydrogen-bond acceptors (Lipinski definition) is 4. The van der Waals surface area contributed by atoms with Gasteiger partial charge in [-0.1, -0.05) is 12.1 Å². The van der Waals surface area contributed by atoms with E-state index in [2.05, 4.69) is 11.0 Å². The van der Waals surface area contributed by atoms with E-state index in [1.54, 1.807) is 4.90 Å². The number of carbonyl (C=O) groups is 1. The lowest BCUT2D eigenvalue weighted by molar-refractivity contribution is 0.0240. The minimum Gasteiger partial charge on any atom is -0.492 e. The molecule has 122 valence electrons. The third-order valence-corrected chi connectivity index (χ3v) is 3.44. The minimum absolute atomic E-state index is 0.231. The molecular formula is C17H26N2O3. The number of piperazine rings is 1. The lowest BCUT2D eigenvalue weighted by Gasteiger charge is -2.37. The fraction of sp³-hybridized carbons (Fsp3) is 0.588. The quantitative estimate of drug-likeness (QED) is 0.860. The lowest BCUT2D eigenvalue weighted by atomic mass is 10.2. The van der Waals surface area contributed by atoms with E-state index < -0.39 is 5.60 Å². The van der Waals surface area contributed by atoms with Crippen LogP contribution < -0.4 is 9.64 Å². The van der Waals surface area contributed by atoms with Crippen LogP contribution in [0, 0.1) is 0 Å². The second kappa shape index (κ2) is 6.90. The summed E-state index contributed by atoms with van der Waals surface area (Å²) in [4.78, 5) is 16.1. The molecule has 1 aromatic carbocycles. The molecule has 1 aliphatic rings. The number of nitrogens with zero attached hydrogens (tertiary/aromatic N) is 2. The van der Waals surface area contributed by atoms with Gasteiger partial charge in [0, 0.05) is 26.2 Å². The van der Waals surface area contributed by atoms with Crippen LogP contribution in [-0.2, 0) is 4.74 Å². The van der Waals surface area contributed by atoms with Crippen LogP contribution in [0.3, 0.4) is 0 Å². The van der Waals surface area contributed by atoms with Gasteiger partial charge >= 0.3 is 6.09 Å². The predicted octanol–water partition coefficient (Wildman–Crippen LogP) is 3.14. The van der Waals surface area contributed by atoms with E-state index in [9.17, 15) is 4.79 Å². The van der Waals surface area contributed by atoms with Crippen molar-refractivity contribution in [3.05, 3.63) is 24.3 Å². The Labute approximate surface area is 132 Å². The molecule has 1 aromatic rings. The summed E-state index contributed by atoms with van der Waals surface area (Å²) in [5.74, 6) is 0.899. The van der Waals surface area contributed by atoms with Crippen molar-refractivity contribution >= 4 is 11.8 Å². The monoisotopic (exact) mass is 306 g/mol. The molecule has 0 spiro atoms. The highest BCUT2D eigenvalue weighted by atomic mass is 16.6. The van der Waals surface area contributed by atoms with E-state index in [0.29, 0.717) is 19.7 Å². The molecule has 0 radical (unpaired) electrons. The molecule has 1 heterocycles. The smallest absolute Gasteiger partial charge is 0.410 e. The normalized spacial score (nSPS) is 15.6. The van der Waals surface area contributed by atoms with Gasteiger partial charge in [-0.15, -0.1) is 0 Å². The highest BCUT2D eigenvalue weighted by molar-refractivity contribution is 5.69. The number of para-hydroxylation sites is 2. The number of benzene rings is 1. The van der Waals surface area contributed by atoms with Crippen LogP contribution in [0.5, 0.6) is 5.75 Å². The highest BCUT2D eigenvalue weighted by Gasteiger charge is 2.26. The average molecular weight is 306 g/mol. The topological polar surface area (TPSA) is 42.0 Å². The summed E-state index contributed by atoms with van der Waals surface area (Å²) in [6.07, 6.45) is -0.231. The summed E-state index contributed by atoms with van der Waals surface area (Å²) in [5.41, 5.74) is 0.642. The fourth-order valence-corrected chi connectivity index (χ4v) is 2.45. The first-order valence-corrected chi connectivity index (χ1v) is 7.85. The van der Waals surface area contributed by atoms with Crippen LogP contribution in [0.25, 0.3) is 0 Å². The summed E-state index contributed by atoms with van der Waals surface area (Å²) in [6, 6.07) is 8.04. The summed E-state index contributed by atoms with van der Waals surface area (Å²) in [6.45, 7) is 11.2.